The van der Waals surface area contributed by atoms with Crippen molar-refractivity contribution >= 4 is 24.2 Å². The molecule has 0 spiro atoms. The van der Waals surface area contributed by atoms with Crippen LogP contribution in [-0.2, 0) is 0 Å². The van der Waals surface area contributed by atoms with E-state index in [1.807, 2.05) is 11.8 Å². The van der Waals surface area contributed by atoms with Crippen LogP contribution in [0.5, 0.6) is 0 Å². The van der Waals surface area contributed by atoms with Crippen molar-refractivity contribution in [3.8, 4) is 0 Å². The Morgan fingerprint density at radius 2 is 1.86 bits per heavy atom. The number of hydrogen-bond donors (Lipinski definition) is 1. The Bertz CT molecular complexity index is 445. The molecular formula is C17H28ClFN2S. The van der Waals surface area contributed by atoms with Crippen LogP contribution in [0.25, 0.3) is 0 Å². The van der Waals surface area contributed by atoms with Crippen LogP contribution < -0.4 is 5.32 Å². The lowest BCUT2D eigenvalue weighted by Gasteiger charge is -2.36. The molecule has 1 aromatic rings. The molecule has 0 bridgehead atoms. The topological polar surface area (TPSA) is 15.3 Å². The van der Waals surface area contributed by atoms with E-state index in [1.165, 1.54) is 10.5 Å². The quantitative estimate of drug-likeness (QED) is 0.800. The lowest BCUT2D eigenvalue weighted by Crippen LogP contribution is -2.45. The smallest absolute Gasteiger partial charge is 0.0912 e. The van der Waals surface area contributed by atoms with Crippen molar-refractivity contribution in [1.29, 1.82) is 0 Å². The van der Waals surface area contributed by atoms with Crippen LogP contribution in [0.3, 0.4) is 0 Å². The van der Waals surface area contributed by atoms with Gasteiger partial charge in [-0.1, -0.05) is 39.0 Å². The number of nitrogens with one attached hydrogen (secondary N) is 1. The van der Waals surface area contributed by atoms with Gasteiger partial charge in [0.2, 0.25) is 0 Å². The number of alkyl halides is 1. The Kier molecular flexibility index (Phi) is 8.19. The third kappa shape index (κ3) is 5.73. The lowest BCUT2D eigenvalue weighted by atomic mass is 10.0. The molecule has 1 saturated heterocycles. The molecule has 0 aromatic heterocycles. The normalized spacial score (nSPS) is 17.8. The Labute approximate surface area is 144 Å². The molecule has 2 rings (SSSR count). The van der Waals surface area contributed by atoms with E-state index in [0.717, 1.165) is 26.2 Å². The summed E-state index contributed by atoms with van der Waals surface area (Å²) in [6.45, 7) is 10.4. The van der Waals surface area contributed by atoms with E-state index in [-0.39, 0.29) is 29.9 Å². The summed E-state index contributed by atoms with van der Waals surface area (Å²) in [5, 5.41) is 3.38. The zero-order valence-electron chi connectivity index (χ0n) is 13.8. The highest BCUT2D eigenvalue weighted by atomic mass is 35.5. The summed E-state index contributed by atoms with van der Waals surface area (Å²) >= 11 is 1.88. The standard InChI is InChI=1S/C17H27FN2S.ClH/c1-17(2,3)21-16-7-5-4-6-14(16)15(8-9-18)20-12-10-19-11-13-20;/h4-7,15,19H,8-13H2,1-3H3;1H/t15-;/m0./s1. The second-order valence-electron chi connectivity index (χ2n) is 6.53. The maximum Gasteiger partial charge on any atom is 0.0912 e. The van der Waals surface area contributed by atoms with Crippen molar-refractivity contribution in [3.05, 3.63) is 29.8 Å². The van der Waals surface area contributed by atoms with E-state index >= 15 is 0 Å². The van der Waals surface area contributed by atoms with Gasteiger partial charge in [-0.3, -0.25) is 9.29 Å². The summed E-state index contributed by atoms with van der Waals surface area (Å²) in [4.78, 5) is 3.72. The van der Waals surface area contributed by atoms with Gasteiger partial charge in [0.15, 0.2) is 0 Å². The maximum absolute atomic E-state index is 13.1. The predicted molar refractivity (Wildman–Crippen MR) is 97.1 cm³/mol. The Morgan fingerprint density at radius 1 is 1.23 bits per heavy atom. The summed E-state index contributed by atoms with van der Waals surface area (Å²) in [5.41, 5.74) is 1.29. The first-order valence-electron chi connectivity index (χ1n) is 7.80. The van der Waals surface area contributed by atoms with E-state index in [2.05, 4.69) is 55.3 Å². The van der Waals surface area contributed by atoms with Crippen LogP contribution >= 0.6 is 24.2 Å². The van der Waals surface area contributed by atoms with Crippen molar-refractivity contribution in [2.24, 2.45) is 0 Å². The van der Waals surface area contributed by atoms with E-state index < -0.39 is 0 Å². The van der Waals surface area contributed by atoms with Crippen molar-refractivity contribution in [3.63, 3.8) is 0 Å². The van der Waals surface area contributed by atoms with E-state index in [9.17, 15) is 4.39 Å². The summed E-state index contributed by atoms with van der Waals surface area (Å²) in [5.74, 6) is 0. The first-order chi connectivity index (χ1) is 10.0. The highest BCUT2D eigenvalue weighted by Crippen LogP contribution is 2.38. The Hall–Kier alpha value is -0.290. The minimum atomic E-state index is -0.261. The minimum absolute atomic E-state index is 0. The molecule has 0 unspecified atom stereocenters. The molecule has 2 nitrogen and oxygen atoms in total. The molecule has 1 aromatic carbocycles. The number of benzene rings is 1. The lowest BCUT2D eigenvalue weighted by molar-refractivity contribution is 0.155. The van der Waals surface area contributed by atoms with Gasteiger partial charge in [0.25, 0.3) is 0 Å². The van der Waals surface area contributed by atoms with Gasteiger partial charge in [-0.25, -0.2) is 0 Å². The number of nitrogens with zero attached hydrogens (tertiary/aromatic N) is 1. The summed E-state index contributed by atoms with van der Waals surface area (Å²) in [7, 11) is 0. The molecule has 0 aliphatic carbocycles. The van der Waals surface area contributed by atoms with Crippen LogP contribution in [-0.4, -0.2) is 42.5 Å². The first kappa shape index (κ1) is 19.8. The summed E-state index contributed by atoms with van der Waals surface area (Å²) in [6, 6.07) is 8.72. The average molecular weight is 347 g/mol. The molecule has 22 heavy (non-hydrogen) atoms. The number of thioether (sulfide) groups is 1. The van der Waals surface area contributed by atoms with Crippen LogP contribution in [0.1, 0.15) is 38.8 Å². The molecule has 0 saturated carbocycles. The number of piperazine rings is 1. The largest absolute Gasteiger partial charge is 0.314 e. The summed E-state index contributed by atoms with van der Waals surface area (Å²) in [6.07, 6.45) is 0.585. The molecular weight excluding hydrogens is 319 g/mol. The van der Waals surface area contributed by atoms with Crippen molar-refractivity contribution in [2.45, 2.75) is 42.9 Å². The third-order valence-corrected chi connectivity index (χ3v) is 4.87. The molecule has 1 heterocycles. The van der Waals surface area contributed by atoms with Gasteiger partial charge in [-0.2, -0.15) is 0 Å². The third-order valence-electron chi connectivity index (χ3n) is 3.67. The van der Waals surface area contributed by atoms with Crippen LogP contribution in [0.4, 0.5) is 4.39 Å². The van der Waals surface area contributed by atoms with E-state index in [0.29, 0.717) is 6.42 Å². The Morgan fingerprint density at radius 3 is 2.45 bits per heavy atom. The molecule has 0 amide bonds. The molecule has 0 radical (unpaired) electrons. The van der Waals surface area contributed by atoms with Gasteiger partial charge in [-0.05, 0) is 18.1 Å². The predicted octanol–water partition coefficient (Wildman–Crippen LogP) is 4.30. The SMILES string of the molecule is CC(C)(C)Sc1ccccc1[C@H](CCF)N1CCNCC1.Cl. The zero-order valence-corrected chi connectivity index (χ0v) is 15.4. The van der Waals surface area contributed by atoms with Gasteiger partial charge >= 0.3 is 0 Å². The van der Waals surface area contributed by atoms with Crippen molar-refractivity contribution < 1.29 is 4.39 Å². The highest BCUT2D eigenvalue weighted by Gasteiger charge is 2.25. The monoisotopic (exact) mass is 346 g/mol. The first-order valence-corrected chi connectivity index (χ1v) is 8.61. The molecule has 1 atom stereocenters. The maximum atomic E-state index is 13.1. The number of hydrogen-bond acceptors (Lipinski definition) is 3. The van der Waals surface area contributed by atoms with Crippen LogP contribution in [0.15, 0.2) is 29.2 Å². The van der Waals surface area contributed by atoms with Crippen LogP contribution in [0.2, 0.25) is 0 Å². The number of halogens is 2. The molecule has 126 valence electrons. The molecule has 1 N–H and O–H groups in total. The fourth-order valence-corrected chi connectivity index (χ4v) is 3.94. The molecule has 5 heteroatoms. The second-order valence-corrected chi connectivity index (χ2v) is 8.40. The second kappa shape index (κ2) is 9.11. The van der Waals surface area contributed by atoms with E-state index in [1.54, 1.807) is 0 Å². The van der Waals surface area contributed by atoms with Gasteiger partial charge in [0.1, 0.15) is 0 Å². The van der Waals surface area contributed by atoms with Gasteiger partial charge in [0, 0.05) is 41.9 Å². The minimum Gasteiger partial charge on any atom is -0.314 e. The fourth-order valence-electron chi connectivity index (χ4n) is 2.81. The Balaban J connectivity index is 0.00000242. The molecule has 1 aliphatic heterocycles. The van der Waals surface area contributed by atoms with Crippen LogP contribution in [0, 0.1) is 0 Å². The number of rotatable bonds is 5. The molecule has 1 aliphatic rings. The van der Waals surface area contributed by atoms with Gasteiger partial charge in [0.05, 0.1) is 6.67 Å². The van der Waals surface area contributed by atoms with Gasteiger partial charge in [-0.15, -0.1) is 24.2 Å². The van der Waals surface area contributed by atoms with Crippen molar-refractivity contribution in [1.82, 2.24) is 10.2 Å². The van der Waals surface area contributed by atoms with Gasteiger partial charge < -0.3 is 5.32 Å². The fraction of sp³-hybridized carbons (Fsp3) is 0.647. The van der Waals surface area contributed by atoms with E-state index in [4.69, 9.17) is 0 Å². The van der Waals surface area contributed by atoms with Crippen molar-refractivity contribution in [2.75, 3.05) is 32.9 Å². The highest BCUT2D eigenvalue weighted by molar-refractivity contribution is 8.00. The molecule has 1 fully saturated rings. The average Bonchev–Trinajstić information content (AvgIpc) is 2.45. The zero-order chi connectivity index (χ0) is 15.3. The summed E-state index contributed by atoms with van der Waals surface area (Å²) < 4.78 is 13.3.